The molecule has 1 saturated heterocycles. The molecule has 5 nitrogen and oxygen atoms in total. The number of nitrogens with zero attached hydrogens (tertiary/aromatic N) is 3. The van der Waals surface area contributed by atoms with Gasteiger partial charge in [0.15, 0.2) is 0 Å². The van der Waals surface area contributed by atoms with Crippen molar-refractivity contribution < 1.29 is 5.11 Å². The molecule has 0 bridgehead atoms. The predicted molar refractivity (Wildman–Crippen MR) is 120 cm³/mol. The van der Waals surface area contributed by atoms with Crippen LogP contribution in [0.2, 0.25) is 0 Å². The Hall–Kier alpha value is -2.76. The lowest BCUT2D eigenvalue weighted by Crippen LogP contribution is -2.48. The summed E-state index contributed by atoms with van der Waals surface area (Å²) < 4.78 is 0. The molecular formula is C25H30N4O. The third-order valence-electron chi connectivity index (χ3n) is 5.59. The molecule has 156 valence electrons. The van der Waals surface area contributed by atoms with Crippen molar-refractivity contribution in [2.45, 2.75) is 38.8 Å². The van der Waals surface area contributed by atoms with E-state index in [1.165, 1.54) is 11.1 Å². The molecule has 4 rings (SSSR count). The zero-order valence-corrected chi connectivity index (χ0v) is 17.6. The lowest BCUT2D eigenvalue weighted by Gasteiger charge is -2.31. The Balaban J connectivity index is 1.38. The molecule has 30 heavy (non-hydrogen) atoms. The summed E-state index contributed by atoms with van der Waals surface area (Å²) in [6, 6.07) is 18.7. The van der Waals surface area contributed by atoms with E-state index in [-0.39, 0.29) is 0 Å². The second kappa shape index (κ2) is 9.83. The van der Waals surface area contributed by atoms with Gasteiger partial charge in [0, 0.05) is 50.4 Å². The molecule has 1 fully saturated rings. The highest BCUT2D eigenvalue weighted by atomic mass is 16.3. The van der Waals surface area contributed by atoms with Gasteiger partial charge in [0.1, 0.15) is 11.6 Å². The SMILES string of the molecule is C[C@@H]1CN(Cc2cccc(-c3ccnc(CCCc4ccc(O)cc4)n3)c2)CCN1. The van der Waals surface area contributed by atoms with Gasteiger partial charge in [0.25, 0.3) is 0 Å². The lowest BCUT2D eigenvalue weighted by atomic mass is 10.1. The molecule has 5 heteroatoms. The maximum absolute atomic E-state index is 9.40. The van der Waals surface area contributed by atoms with Crippen LogP contribution in [0, 0.1) is 0 Å². The number of hydrogen-bond acceptors (Lipinski definition) is 5. The van der Waals surface area contributed by atoms with Crippen LogP contribution in [0.4, 0.5) is 0 Å². The second-order valence-electron chi connectivity index (χ2n) is 8.17. The number of phenolic OH excluding ortho intramolecular Hbond substituents is 1. The van der Waals surface area contributed by atoms with E-state index < -0.39 is 0 Å². The van der Waals surface area contributed by atoms with E-state index in [2.05, 4.69) is 46.4 Å². The first kappa shape index (κ1) is 20.5. The topological polar surface area (TPSA) is 61.3 Å². The van der Waals surface area contributed by atoms with Crippen molar-refractivity contribution in [2.75, 3.05) is 19.6 Å². The van der Waals surface area contributed by atoms with Gasteiger partial charge >= 0.3 is 0 Å². The average molecular weight is 403 g/mol. The van der Waals surface area contributed by atoms with Crippen molar-refractivity contribution >= 4 is 0 Å². The summed E-state index contributed by atoms with van der Waals surface area (Å²) in [5, 5.41) is 12.9. The number of phenols is 1. The third kappa shape index (κ3) is 5.65. The van der Waals surface area contributed by atoms with Crippen LogP contribution < -0.4 is 5.32 Å². The molecule has 1 aromatic heterocycles. The number of aryl methyl sites for hydroxylation is 2. The molecule has 0 aliphatic carbocycles. The van der Waals surface area contributed by atoms with Crippen molar-refractivity contribution in [3.63, 3.8) is 0 Å². The van der Waals surface area contributed by atoms with E-state index in [0.717, 1.165) is 62.5 Å². The fraction of sp³-hybridized carbons (Fsp3) is 0.360. The quantitative estimate of drug-likeness (QED) is 0.629. The number of nitrogens with one attached hydrogen (secondary N) is 1. The minimum atomic E-state index is 0.309. The molecular weight excluding hydrogens is 372 g/mol. The summed E-state index contributed by atoms with van der Waals surface area (Å²) >= 11 is 0. The molecule has 3 aromatic rings. The van der Waals surface area contributed by atoms with Crippen molar-refractivity contribution in [2.24, 2.45) is 0 Å². The largest absolute Gasteiger partial charge is 0.508 e. The van der Waals surface area contributed by atoms with Crippen LogP contribution in [-0.2, 0) is 19.4 Å². The van der Waals surface area contributed by atoms with E-state index in [9.17, 15) is 5.11 Å². The molecule has 0 amide bonds. The first-order valence-electron chi connectivity index (χ1n) is 10.8. The minimum absolute atomic E-state index is 0.309. The molecule has 2 aromatic carbocycles. The van der Waals surface area contributed by atoms with Gasteiger partial charge in [0.05, 0.1) is 5.69 Å². The van der Waals surface area contributed by atoms with E-state index in [1.54, 1.807) is 12.1 Å². The van der Waals surface area contributed by atoms with E-state index >= 15 is 0 Å². The van der Waals surface area contributed by atoms with Gasteiger partial charge in [-0.15, -0.1) is 0 Å². The van der Waals surface area contributed by atoms with Crippen LogP contribution in [0.3, 0.4) is 0 Å². The fourth-order valence-corrected chi connectivity index (χ4v) is 4.04. The van der Waals surface area contributed by atoms with Crippen LogP contribution in [0.15, 0.2) is 60.8 Å². The lowest BCUT2D eigenvalue weighted by molar-refractivity contribution is 0.199. The molecule has 2 N–H and O–H groups in total. The number of benzene rings is 2. The van der Waals surface area contributed by atoms with Gasteiger partial charge in [-0.05, 0) is 55.2 Å². The number of hydrogen-bond donors (Lipinski definition) is 2. The molecule has 0 saturated carbocycles. The highest BCUT2D eigenvalue weighted by molar-refractivity contribution is 5.59. The van der Waals surface area contributed by atoms with E-state index in [0.29, 0.717) is 11.8 Å². The summed E-state index contributed by atoms with van der Waals surface area (Å²) in [5.74, 6) is 1.19. The third-order valence-corrected chi connectivity index (χ3v) is 5.59. The number of aromatic nitrogens is 2. The predicted octanol–water partition coefficient (Wildman–Crippen LogP) is 3.82. The van der Waals surface area contributed by atoms with Crippen LogP contribution in [-0.4, -0.2) is 45.7 Å². The summed E-state index contributed by atoms with van der Waals surface area (Å²) in [7, 11) is 0. The van der Waals surface area contributed by atoms with Crippen molar-refractivity contribution in [1.29, 1.82) is 0 Å². The van der Waals surface area contributed by atoms with E-state index in [4.69, 9.17) is 4.98 Å². The van der Waals surface area contributed by atoms with Crippen LogP contribution in [0.5, 0.6) is 5.75 Å². The molecule has 1 aliphatic heterocycles. The highest BCUT2D eigenvalue weighted by Gasteiger charge is 2.15. The highest BCUT2D eigenvalue weighted by Crippen LogP contribution is 2.20. The Bertz CT molecular complexity index is 957. The molecule has 2 heterocycles. The summed E-state index contributed by atoms with van der Waals surface area (Å²) in [6.07, 6.45) is 4.64. The molecule has 0 radical (unpaired) electrons. The summed E-state index contributed by atoms with van der Waals surface area (Å²) in [4.78, 5) is 11.8. The van der Waals surface area contributed by atoms with Crippen molar-refractivity contribution in [3.8, 4) is 17.0 Å². The average Bonchev–Trinajstić information content (AvgIpc) is 2.76. The van der Waals surface area contributed by atoms with Gasteiger partial charge in [-0.25, -0.2) is 9.97 Å². The Kier molecular flexibility index (Phi) is 6.72. The Morgan fingerprint density at radius 2 is 1.93 bits per heavy atom. The van der Waals surface area contributed by atoms with Gasteiger partial charge in [0.2, 0.25) is 0 Å². The first-order chi connectivity index (χ1) is 14.7. The molecule has 0 spiro atoms. The second-order valence-corrected chi connectivity index (χ2v) is 8.17. The maximum Gasteiger partial charge on any atom is 0.128 e. The fourth-order valence-electron chi connectivity index (χ4n) is 4.04. The van der Waals surface area contributed by atoms with Crippen molar-refractivity contribution in [3.05, 3.63) is 77.7 Å². The Morgan fingerprint density at radius 1 is 1.07 bits per heavy atom. The van der Waals surface area contributed by atoms with Gasteiger partial charge < -0.3 is 10.4 Å². The summed E-state index contributed by atoms with van der Waals surface area (Å²) in [6.45, 7) is 6.45. The maximum atomic E-state index is 9.40. The molecule has 1 atom stereocenters. The van der Waals surface area contributed by atoms with Crippen LogP contribution in [0.25, 0.3) is 11.3 Å². The van der Waals surface area contributed by atoms with Gasteiger partial charge in [-0.3, -0.25) is 4.90 Å². The zero-order valence-electron chi connectivity index (χ0n) is 17.6. The Labute approximate surface area is 178 Å². The smallest absolute Gasteiger partial charge is 0.128 e. The molecule has 1 aliphatic rings. The van der Waals surface area contributed by atoms with Crippen LogP contribution >= 0.6 is 0 Å². The van der Waals surface area contributed by atoms with E-state index in [1.807, 2.05) is 24.4 Å². The first-order valence-corrected chi connectivity index (χ1v) is 10.8. The zero-order chi connectivity index (χ0) is 20.8. The number of piperazine rings is 1. The van der Waals surface area contributed by atoms with Crippen LogP contribution in [0.1, 0.15) is 30.3 Å². The van der Waals surface area contributed by atoms with Gasteiger partial charge in [-0.2, -0.15) is 0 Å². The molecule has 0 unspecified atom stereocenters. The normalized spacial score (nSPS) is 17.2. The summed E-state index contributed by atoms with van der Waals surface area (Å²) in [5.41, 5.74) is 4.69. The monoisotopic (exact) mass is 402 g/mol. The number of aromatic hydroxyl groups is 1. The Morgan fingerprint density at radius 3 is 2.77 bits per heavy atom. The minimum Gasteiger partial charge on any atom is -0.508 e. The van der Waals surface area contributed by atoms with Crippen molar-refractivity contribution in [1.82, 2.24) is 20.2 Å². The standard InChI is InChI=1S/C25H30N4O/c1-19-17-29(15-14-26-19)18-21-5-2-6-22(16-21)24-12-13-27-25(28-24)7-3-4-20-8-10-23(30)11-9-20/h2,5-6,8-13,16,19,26,30H,3-4,7,14-15,17-18H2,1H3/t19-/m1/s1. The van der Waals surface area contributed by atoms with Gasteiger partial charge in [-0.1, -0.05) is 30.3 Å². The number of rotatable bonds is 7.